The summed E-state index contributed by atoms with van der Waals surface area (Å²) >= 11 is 1.70. The van der Waals surface area contributed by atoms with E-state index in [4.69, 9.17) is 5.84 Å². The lowest BCUT2D eigenvalue weighted by atomic mass is 10.1. The number of anilines is 1. The second kappa shape index (κ2) is 6.49. The van der Waals surface area contributed by atoms with E-state index >= 15 is 0 Å². The number of nitrogens with zero attached hydrogens (tertiary/aromatic N) is 2. The van der Waals surface area contributed by atoms with Gasteiger partial charge in [0.15, 0.2) is 5.82 Å². The van der Waals surface area contributed by atoms with E-state index in [1.807, 2.05) is 18.4 Å². The fourth-order valence-corrected chi connectivity index (χ4v) is 2.77. The predicted octanol–water partition coefficient (Wildman–Crippen LogP) is 2.13. The van der Waals surface area contributed by atoms with Crippen LogP contribution in [0.2, 0.25) is 0 Å². The van der Waals surface area contributed by atoms with Crippen LogP contribution in [0.5, 0.6) is 0 Å². The van der Waals surface area contributed by atoms with Crippen molar-refractivity contribution in [3.63, 3.8) is 0 Å². The number of carbonyl (C=O) groups excluding carboxylic acids is 1. The summed E-state index contributed by atoms with van der Waals surface area (Å²) in [6.07, 6.45) is 2.44. The van der Waals surface area contributed by atoms with Gasteiger partial charge in [0, 0.05) is 30.6 Å². The van der Waals surface area contributed by atoms with Crippen molar-refractivity contribution in [2.45, 2.75) is 19.4 Å². The highest BCUT2D eigenvalue weighted by Crippen LogP contribution is 2.17. The van der Waals surface area contributed by atoms with E-state index in [1.165, 1.54) is 4.88 Å². The summed E-state index contributed by atoms with van der Waals surface area (Å²) in [5.41, 5.74) is 2.94. The average molecular weight is 290 g/mol. The Morgan fingerprint density at radius 2 is 2.30 bits per heavy atom. The van der Waals surface area contributed by atoms with Gasteiger partial charge in [-0.15, -0.1) is 11.3 Å². The molecule has 6 heteroatoms. The molecule has 20 heavy (non-hydrogen) atoms. The van der Waals surface area contributed by atoms with E-state index in [0.29, 0.717) is 11.4 Å². The van der Waals surface area contributed by atoms with Gasteiger partial charge in [-0.1, -0.05) is 6.07 Å². The molecule has 2 heterocycles. The summed E-state index contributed by atoms with van der Waals surface area (Å²) in [5.74, 6) is 5.70. The van der Waals surface area contributed by atoms with E-state index in [1.54, 1.807) is 41.6 Å². The van der Waals surface area contributed by atoms with E-state index in [9.17, 15) is 4.79 Å². The number of hydrogen-bond donors (Lipinski definition) is 2. The average Bonchev–Trinajstić information content (AvgIpc) is 2.98. The fraction of sp³-hybridized carbons (Fsp3) is 0.286. The standard InChI is InChI=1S/C14H18N4OS/c1-10(9-11-5-4-8-20-11)18(2)14(19)12-6-3-7-16-13(12)17-15/h3-8,10H,9,15H2,1-2H3,(H,16,17). The number of rotatable bonds is 5. The third kappa shape index (κ3) is 3.15. The van der Waals surface area contributed by atoms with Crippen molar-refractivity contribution in [3.05, 3.63) is 46.3 Å². The molecule has 2 rings (SSSR count). The lowest BCUT2D eigenvalue weighted by molar-refractivity contribution is 0.0744. The first kappa shape index (κ1) is 14.5. The molecule has 0 radical (unpaired) electrons. The molecule has 0 aliphatic carbocycles. The Hall–Kier alpha value is -1.92. The Morgan fingerprint density at radius 3 is 2.95 bits per heavy atom. The molecule has 1 unspecified atom stereocenters. The van der Waals surface area contributed by atoms with Crippen molar-refractivity contribution in [2.75, 3.05) is 12.5 Å². The predicted molar refractivity (Wildman–Crippen MR) is 81.6 cm³/mol. The first-order valence-corrected chi connectivity index (χ1v) is 7.22. The minimum atomic E-state index is -0.0879. The summed E-state index contributed by atoms with van der Waals surface area (Å²) in [6, 6.07) is 7.65. The third-order valence-electron chi connectivity index (χ3n) is 3.23. The smallest absolute Gasteiger partial charge is 0.257 e. The number of pyridine rings is 1. The van der Waals surface area contributed by atoms with E-state index < -0.39 is 0 Å². The molecule has 2 aromatic rings. The zero-order valence-corrected chi connectivity index (χ0v) is 12.4. The van der Waals surface area contributed by atoms with Crippen LogP contribution in [-0.4, -0.2) is 28.9 Å². The van der Waals surface area contributed by atoms with Gasteiger partial charge in [0.25, 0.3) is 5.91 Å². The number of amides is 1. The zero-order valence-electron chi connectivity index (χ0n) is 11.5. The Labute approximate surface area is 122 Å². The minimum absolute atomic E-state index is 0.0879. The number of hydrogen-bond acceptors (Lipinski definition) is 5. The second-order valence-corrected chi connectivity index (χ2v) is 5.62. The monoisotopic (exact) mass is 290 g/mol. The Kier molecular flexibility index (Phi) is 4.70. The van der Waals surface area contributed by atoms with Crippen molar-refractivity contribution < 1.29 is 4.79 Å². The van der Waals surface area contributed by atoms with Gasteiger partial charge in [0.2, 0.25) is 0 Å². The molecular formula is C14H18N4OS. The van der Waals surface area contributed by atoms with Crippen LogP contribution >= 0.6 is 11.3 Å². The van der Waals surface area contributed by atoms with E-state index in [-0.39, 0.29) is 11.9 Å². The van der Waals surface area contributed by atoms with Crippen molar-refractivity contribution >= 4 is 23.1 Å². The van der Waals surface area contributed by atoms with Crippen molar-refractivity contribution in [1.29, 1.82) is 0 Å². The Morgan fingerprint density at radius 1 is 1.50 bits per heavy atom. The zero-order chi connectivity index (χ0) is 14.5. The van der Waals surface area contributed by atoms with Crippen molar-refractivity contribution in [1.82, 2.24) is 9.88 Å². The number of thiophene rings is 1. The number of nitrogens with two attached hydrogens (primary N) is 1. The maximum atomic E-state index is 12.5. The number of likely N-dealkylation sites (N-methyl/N-ethyl adjacent to an activating group) is 1. The van der Waals surface area contributed by atoms with Crippen LogP contribution in [0.1, 0.15) is 22.2 Å². The van der Waals surface area contributed by atoms with Crippen LogP contribution < -0.4 is 11.3 Å². The quantitative estimate of drug-likeness (QED) is 0.653. The largest absolute Gasteiger partial charge is 0.339 e. The molecule has 0 aliphatic heterocycles. The van der Waals surface area contributed by atoms with Crippen molar-refractivity contribution in [2.24, 2.45) is 5.84 Å². The third-order valence-corrected chi connectivity index (χ3v) is 4.13. The highest BCUT2D eigenvalue weighted by Gasteiger charge is 2.20. The van der Waals surface area contributed by atoms with Gasteiger partial charge < -0.3 is 10.3 Å². The highest BCUT2D eigenvalue weighted by molar-refractivity contribution is 7.09. The van der Waals surface area contributed by atoms with Gasteiger partial charge in [-0.2, -0.15) is 0 Å². The number of nitrogens with one attached hydrogen (secondary N) is 1. The Balaban J connectivity index is 2.11. The van der Waals surface area contributed by atoms with Crippen LogP contribution in [0.25, 0.3) is 0 Å². The maximum Gasteiger partial charge on any atom is 0.257 e. The first-order valence-electron chi connectivity index (χ1n) is 6.34. The van der Waals surface area contributed by atoms with Crippen LogP contribution in [0.3, 0.4) is 0 Å². The number of carbonyl (C=O) groups is 1. The van der Waals surface area contributed by atoms with Gasteiger partial charge in [0.1, 0.15) is 0 Å². The van der Waals surface area contributed by atoms with Gasteiger partial charge in [0.05, 0.1) is 5.56 Å². The summed E-state index contributed by atoms with van der Waals surface area (Å²) in [5, 5.41) is 2.04. The topological polar surface area (TPSA) is 71.2 Å². The van der Waals surface area contributed by atoms with Crippen LogP contribution in [0, 0.1) is 0 Å². The molecular weight excluding hydrogens is 272 g/mol. The molecule has 0 aliphatic rings. The van der Waals surface area contributed by atoms with Gasteiger partial charge in [-0.25, -0.2) is 10.8 Å². The van der Waals surface area contributed by atoms with Crippen LogP contribution in [0.4, 0.5) is 5.82 Å². The summed E-state index contributed by atoms with van der Waals surface area (Å²) < 4.78 is 0. The molecule has 0 aromatic carbocycles. The van der Waals surface area contributed by atoms with Crippen LogP contribution in [-0.2, 0) is 6.42 Å². The normalized spacial score (nSPS) is 11.9. The van der Waals surface area contributed by atoms with Crippen molar-refractivity contribution in [3.8, 4) is 0 Å². The van der Waals surface area contributed by atoms with E-state index in [0.717, 1.165) is 6.42 Å². The highest BCUT2D eigenvalue weighted by atomic mass is 32.1. The second-order valence-electron chi connectivity index (χ2n) is 4.59. The van der Waals surface area contributed by atoms with Gasteiger partial charge >= 0.3 is 0 Å². The molecule has 3 N–H and O–H groups in total. The van der Waals surface area contributed by atoms with Gasteiger partial charge in [-0.05, 0) is 30.5 Å². The molecule has 0 saturated heterocycles. The lowest BCUT2D eigenvalue weighted by Gasteiger charge is -2.25. The molecule has 0 bridgehead atoms. The van der Waals surface area contributed by atoms with E-state index in [2.05, 4.69) is 16.5 Å². The number of nitrogen functional groups attached to an aromatic ring is 1. The first-order chi connectivity index (χ1) is 9.63. The molecule has 2 aromatic heterocycles. The number of hydrazine groups is 1. The molecule has 106 valence electrons. The molecule has 5 nitrogen and oxygen atoms in total. The molecule has 1 atom stereocenters. The maximum absolute atomic E-state index is 12.5. The number of aromatic nitrogens is 1. The summed E-state index contributed by atoms with van der Waals surface area (Å²) in [4.78, 5) is 19.5. The molecule has 0 saturated carbocycles. The summed E-state index contributed by atoms with van der Waals surface area (Å²) in [7, 11) is 1.80. The summed E-state index contributed by atoms with van der Waals surface area (Å²) in [6.45, 7) is 2.03. The molecule has 0 spiro atoms. The Bertz CT molecular complexity index is 570. The molecule has 0 fully saturated rings. The van der Waals surface area contributed by atoms with Crippen LogP contribution in [0.15, 0.2) is 35.8 Å². The lowest BCUT2D eigenvalue weighted by Crippen LogP contribution is -2.37. The SMILES string of the molecule is CC(Cc1cccs1)N(C)C(=O)c1cccnc1NN. The van der Waals surface area contributed by atoms with Gasteiger partial charge in [-0.3, -0.25) is 4.79 Å². The fourth-order valence-electron chi connectivity index (χ4n) is 1.94. The molecule has 1 amide bonds. The minimum Gasteiger partial charge on any atom is -0.339 e.